The normalized spacial score (nSPS) is 10.4. The molecular weight excluding hydrogens is 244 g/mol. The van der Waals surface area contributed by atoms with E-state index < -0.39 is 5.97 Å². The molecule has 0 aliphatic rings. The van der Waals surface area contributed by atoms with Crippen LogP contribution < -0.4 is 10.6 Å². The summed E-state index contributed by atoms with van der Waals surface area (Å²) in [5.41, 5.74) is 8.10. The molecule has 6 heteroatoms. The number of nitrogens with two attached hydrogens (primary N) is 1. The molecule has 0 bridgehead atoms. The molecule has 0 unspecified atom stereocenters. The summed E-state index contributed by atoms with van der Waals surface area (Å²) in [4.78, 5) is 13.1. The number of nitrogens with zero attached hydrogens (tertiary/aromatic N) is 3. The van der Waals surface area contributed by atoms with Crippen molar-refractivity contribution in [3.63, 3.8) is 0 Å². The van der Waals surface area contributed by atoms with Gasteiger partial charge in [-0.05, 0) is 18.2 Å². The Labute approximate surface area is 111 Å². The van der Waals surface area contributed by atoms with Crippen LogP contribution in [0.4, 0.5) is 11.4 Å². The van der Waals surface area contributed by atoms with Gasteiger partial charge in [0.15, 0.2) is 0 Å². The van der Waals surface area contributed by atoms with Crippen molar-refractivity contribution in [2.24, 2.45) is 7.05 Å². The van der Waals surface area contributed by atoms with E-state index >= 15 is 0 Å². The third kappa shape index (κ3) is 2.85. The van der Waals surface area contributed by atoms with E-state index in [1.165, 1.54) is 6.07 Å². The molecule has 1 aromatic heterocycles. The molecule has 6 nitrogen and oxygen atoms in total. The SMILES string of the molecule is CN(Cc1cnn(C)c1)c1cc(N)ccc1C(=O)O. The quantitative estimate of drug-likeness (QED) is 0.810. The van der Waals surface area contributed by atoms with Crippen LogP contribution in [0.2, 0.25) is 0 Å². The molecule has 0 aliphatic heterocycles. The summed E-state index contributed by atoms with van der Waals surface area (Å²) in [7, 11) is 3.67. The number of benzene rings is 1. The molecular formula is C13H16N4O2. The molecule has 0 saturated heterocycles. The van der Waals surface area contributed by atoms with E-state index in [-0.39, 0.29) is 5.56 Å². The zero-order valence-electron chi connectivity index (χ0n) is 10.9. The van der Waals surface area contributed by atoms with Gasteiger partial charge in [-0.3, -0.25) is 4.68 Å². The van der Waals surface area contributed by atoms with Gasteiger partial charge >= 0.3 is 5.97 Å². The van der Waals surface area contributed by atoms with Crippen molar-refractivity contribution in [1.29, 1.82) is 0 Å². The van der Waals surface area contributed by atoms with E-state index in [0.29, 0.717) is 17.9 Å². The van der Waals surface area contributed by atoms with Gasteiger partial charge in [-0.15, -0.1) is 0 Å². The Morgan fingerprint density at radius 1 is 1.53 bits per heavy atom. The third-order valence-electron chi connectivity index (χ3n) is 2.84. The molecule has 2 aromatic rings. The van der Waals surface area contributed by atoms with Gasteiger partial charge in [0.25, 0.3) is 0 Å². The topological polar surface area (TPSA) is 84.4 Å². The van der Waals surface area contributed by atoms with Gasteiger partial charge < -0.3 is 15.7 Å². The molecule has 0 fully saturated rings. The van der Waals surface area contributed by atoms with E-state index in [1.54, 1.807) is 23.0 Å². The molecule has 100 valence electrons. The van der Waals surface area contributed by atoms with E-state index in [9.17, 15) is 9.90 Å². The summed E-state index contributed by atoms with van der Waals surface area (Å²) < 4.78 is 1.71. The number of hydrogen-bond donors (Lipinski definition) is 2. The number of aromatic carboxylic acids is 1. The molecule has 19 heavy (non-hydrogen) atoms. The highest BCUT2D eigenvalue weighted by atomic mass is 16.4. The van der Waals surface area contributed by atoms with Crippen molar-refractivity contribution in [1.82, 2.24) is 9.78 Å². The first-order valence-corrected chi connectivity index (χ1v) is 5.79. The number of aromatic nitrogens is 2. The van der Waals surface area contributed by atoms with Gasteiger partial charge in [0.05, 0.1) is 17.4 Å². The molecule has 2 rings (SSSR count). The van der Waals surface area contributed by atoms with Gasteiger partial charge in [0.2, 0.25) is 0 Å². The maximum atomic E-state index is 11.2. The molecule has 0 saturated carbocycles. The number of carbonyl (C=O) groups is 1. The van der Waals surface area contributed by atoms with Crippen LogP contribution in [0, 0.1) is 0 Å². The lowest BCUT2D eigenvalue weighted by Gasteiger charge is -2.21. The Bertz CT molecular complexity index is 606. The highest BCUT2D eigenvalue weighted by Crippen LogP contribution is 2.24. The van der Waals surface area contributed by atoms with Crippen molar-refractivity contribution >= 4 is 17.3 Å². The monoisotopic (exact) mass is 260 g/mol. The summed E-state index contributed by atoms with van der Waals surface area (Å²) in [6, 6.07) is 4.78. The maximum absolute atomic E-state index is 11.2. The molecule has 3 N–H and O–H groups in total. The van der Waals surface area contributed by atoms with Gasteiger partial charge in [-0.1, -0.05) is 0 Å². The molecule has 1 heterocycles. The van der Waals surface area contributed by atoms with Crippen LogP contribution in [-0.2, 0) is 13.6 Å². The Kier molecular flexibility index (Phi) is 3.41. The highest BCUT2D eigenvalue weighted by molar-refractivity contribution is 5.95. The Hall–Kier alpha value is -2.50. The summed E-state index contributed by atoms with van der Waals surface area (Å²) >= 11 is 0. The minimum Gasteiger partial charge on any atom is -0.478 e. The largest absolute Gasteiger partial charge is 0.478 e. The van der Waals surface area contributed by atoms with Gasteiger partial charge in [-0.25, -0.2) is 4.79 Å². The Morgan fingerprint density at radius 3 is 2.84 bits per heavy atom. The summed E-state index contributed by atoms with van der Waals surface area (Å²) in [5, 5.41) is 13.3. The molecule has 0 spiro atoms. The predicted molar refractivity (Wildman–Crippen MR) is 73.1 cm³/mol. The second-order valence-electron chi connectivity index (χ2n) is 4.46. The van der Waals surface area contributed by atoms with Crippen LogP contribution in [0.15, 0.2) is 30.6 Å². The fraction of sp³-hybridized carbons (Fsp3) is 0.231. The number of carboxylic acids is 1. The van der Waals surface area contributed by atoms with Crippen LogP contribution in [0.5, 0.6) is 0 Å². The lowest BCUT2D eigenvalue weighted by atomic mass is 10.1. The van der Waals surface area contributed by atoms with Crippen LogP contribution >= 0.6 is 0 Å². The van der Waals surface area contributed by atoms with E-state index in [1.807, 2.05) is 25.2 Å². The van der Waals surface area contributed by atoms with E-state index in [4.69, 9.17) is 5.73 Å². The average Bonchev–Trinajstić information content (AvgIpc) is 2.74. The summed E-state index contributed by atoms with van der Waals surface area (Å²) in [6.07, 6.45) is 3.65. The zero-order chi connectivity index (χ0) is 14.0. The van der Waals surface area contributed by atoms with Gasteiger partial charge in [0, 0.05) is 38.1 Å². The minimum absolute atomic E-state index is 0.237. The number of nitrogen functional groups attached to an aromatic ring is 1. The Balaban J connectivity index is 2.29. The molecule has 1 aromatic carbocycles. The number of carboxylic acid groups (broad SMARTS) is 1. The third-order valence-corrected chi connectivity index (χ3v) is 2.84. The number of aryl methyl sites for hydroxylation is 1. The lowest BCUT2D eigenvalue weighted by molar-refractivity contribution is 0.0697. The zero-order valence-corrected chi connectivity index (χ0v) is 10.9. The van der Waals surface area contributed by atoms with Crippen LogP contribution in [0.25, 0.3) is 0 Å². The first-order valence-electron chi connectivity index (χ1n) is 5.79. The minimum atomic E-state index is -0.965. The van der Waals surface area contributed by atoms with E-state index in [2.05, 4.69) is 5.10 Å². The Morgan fingerprint density at radius 2 is 2.26 bits per heavy atom. The summed E-state index contributed by atoms with van der Waals surface area (Å²) in [5.74, 6) is -0.965. The average molecular weight is 260 g/mol. The number of rotatable bonds is 4. The number of anilines is 2. The van der Waals surface area contributed by atoms with Crippen LogP contribution in [0.1, 0.15) is 15.9 Å². The van der Waals surface area contributed by atoms with Crippen molar-refractivity contribution in [2.75, 3.05) is 17.7 Å². The van der Waals surface area contributed by atoms with Crippen molar-refractivity contribution in [3.8, 4) is 0 Å². The number of hydrogen-bond acceptors (Lipinski definition) is 4. The summed E-state index contributed by atoms with van der Waals surface area (Å²) in [6.45, 7) is 0.567. The maximum Gasteiger partial charge on any atom is 0.337 e. The smallest absolute Gasteiger partial charge is 0.337 e. The fourth-order valence-electron chi connectivity index (χ4n) is 1.96. The van der Waals surface area contributed by atoms with Gasteiger partial charge in [0.1, 0.15) is 0 Å². The predicted octanol–water partition coefficient (Wildman–Crippen LogP) is 1.34. The molecule has 0 amide bonds. The van der Waals surface area contributed by atoms with Crippen molar-refractivity contribution in [3.05, 3.63) is 41.7 Å². The van der Waals surface area contributed by atoms with Gasteiger partial charge in [-0.2, -0.15) is 5.10 Å². The standard InChI is InChI=1S/C13H16N4O2/c1-16(7-9-6-15-17(2)8-9)12-5-10(14)3-4-11(12)13(18)19/h3-6,8H,7,14H2,1-2H3,(H,18,19). The second kappa shape index (κ2) is 5.01. The molecule has 0 atom stereocenters. The molecule has 0 radical (unpaired) electrons. The molecule has 0 aliphatic carbocycles. The fourth-order valence-corrected chi connectivity index (χ4v) is 1.96. The van der Waals surface area contributed by atoms with Crippen LogP contribution in [-0.4, -0.2) is 27.9 Å². The van der Waals surface area contributed by atoms with E-state index in [0.717, 1.165) is 5.56 Å². The van der Waals surface area contributed by atoms with Crippen molar-refractivity contribution < 1.29 is 9.90 Å². The first-order chi connectivity index (χ1) is 8.97. The highest BCUT2D eigenvalue weighted by Gasteiger charge is 2.14. The lowest BCUT2D eigenvalue weighted by Crippen LogP contribution is -2.19. The first kappa shape index (κ1) is 12.9. The van der Waals surface area contributed by atoms with Crippen molar-refractivity contribution in [2.45, 2.75) is 6.54 Å². The van der Waals surface area contributed by atoms with Crippen LogP contribution in [0.3, 0.4) is 0 Å². The second-order valence-corrected chi connectivity index (χ2v) is 4.46.